The maximum Gasteiger partial charge on any atom is 0.322 e. The summed E-state index contributed by atoms with van der Waals surface area (Å²) in [6, 6.07) is 11.6. The number of aliphatic imine (C=N–C) groups is 1. The molecule has 4 heterocycles. The van der Waals surface area contributed by atoms with E-state index in [2.05, 4.69) is 71.6 Å². The van der Waals surface area contributed by atoms with Gasteiger partial charge in [0.15, 0.2) is 6.19 Å². The number of hydrogen-bond acceptors (Lipinski definition) is 7. The molecule has 49 heavy (non-hydrogen) atoms. The molecule has 262 valence electrons. The van der Waals surface area contributed by atoms with Crippen molar-refractivity contribution in [2.75, 3.05) is 77.0 Å². The number of hydrogen-bond donors (Lipinski definition) is 3. The number of nitriles is 1. The lowest BCUT2D eigenvalue weighted by Gasteiger charge is -2.42. The van der Waals surface area contributed by atoms with Gasteiger partial charge in [-0.05, 0) is 100 Å². The summed E-state index contributed by atoms with van der Waals surface area (Å²) < 4.78 is 1.50. The molecule has 0 spiro atoms. The van der Waals surface area contributed by atoms with E-state index >= 15 is 0 Å². The van der Waals surface area contributed by atoms with Gasteiger partial charge in [0, 0.05) is 92.0 Å². The molecular formula is C35H46Br2N10O2. The second-order valence-electron chi connectivity index (χ2n) is 13.5. The fourth-order valence-electron chi connectivity index (χ4n) is 7.53. The number of likely N-dealkylation sites (N-methyl/N-ethyl adjacent to an activating group) is 1. The topological polar surface area (TPSA) is 137 Å². The Morgan fingerprint density at radius 3 is 2.29 bits per heavy atom. The zero-order chi connectivity index (χ0) is 34.5. The number of para-hydroxylation sites is 1. The molecule has 0 aromatic heterocycles. The van der Waals surface area contributed by atoms with Crippen LogP contribution in [0.3, 0.4) is 0 Å². The zero-order valence-corrected chi connectivity index (χ0v) is 31.3. The monoisotopic (exact) mass is 796 g/mol. The Bertz CT molecular complexity index is 1550. The van der Waals surface area contributed by atoms with Gasteiger partial charge >= 0.3 is 6.03 Å². The van der Waals surface area contributed by atoms with Crippen LogP contribution in [0.4, 0.5) is 16.2 Å². The fourth-order valence-corrected chi connectivity index (χ4v) is 8.81. The summed E-state index contributed by atoms with van der Waals surface area (Å²) in [6.45, 7) is 7.52. The molecule has 3 fully saturated rings. The minimum absolute atomic E-state index is 0.0335. The van der Waals surface area contributed by atoms with Gasteiger partial charge in [0.05, 0.1) is 5.69 Å². The first-order valence-electron chi connectivity index (χ1n) is 17.3. The van der Waals surface area contributed by atoms with Crippen LogP contribution in [-0.4, -0.2) is 126 Å². The summed E-state index contributed by atoms with van der Waals surface area (Å²) in [7, 11) is 2.17. The van der Waals surface area contributed by atoms with E-state index in [-0.39, 0.29) is 18.0 Å². The number of likely N-dealkylation sites (tertiary alicyclic amines) is 2. The van der Waals surface area contributed by atoms with Crippen LogP contribution in [0.25, 0.3) is 0 Å². The number of carbonyl (C=O) groups excluding carboxylic acids is 2. The normalized spacial score (nSPS) is 21.1. The third-order valence-corrected chi connectivity index (χ3v) is 11.8. The van der Waals surface area contributed by atoms with Crippen molar-refractivity contribution >= 4 is 61.1 Å². The van der Waals surface area contributed by atoms with E-state index in [0.29, 0.717) is 56.8 Å². The van der Waals surface area contributed by atoms with Crippen molar-refractivity contribution in [1.82, 2.24) is 29.8 Å². The number of urea groups is 1. The highest BCUT2D eigenvalue weighted by molar-refractivity contribution is 9.11. The largest absolute Gasteiger partial charge is 0.397 e. The van der Waals surface area contributed by atoms with Gasteiger partial charge in [-0.1, -0.05) is 18.2 Å². The van der Waals surface area contributed by atoms with E-state index in [1.165, 1.54) is 0 Å². The van der Waals surface area contributed by atoms with Crippen molar-refractivity contribution < 1.29 is 9.59 Å². The van der Waals surface area contributed by atoms with Crippen LogP contribution in [0.2, 0.25) is 0 Å². The number of carbonyl (C=O) groups is 2. The van der Waals surface area contributed by atoms with Gasteiger partial charge in [-0.3, -0.25) is 15.0 Å². The molecule has 0 radical (unpaired) electrons. The quantitative estimate of drug-likeness (QED) is 0.132. The molecule has 2 aromatic rings. The number of piperidine rings is 2. The summed E-state index contributed by atoms with van der Waals surface area (Å²) >= 11 is 7.11. The standard InChI is InChI=1S/C35H46Br2N10O2/c1-43-16-18-44(19-17-43)26-7-11-45(12-8-26)33(48)31(22-24-20-28(36)32(39)29(37)21-24)41-34(40-23-38)46-13-9-27(10-14-46)47-15-6-25-4-2-3-5-30(25)42-35(47)49/h2-5,20-21,26-27,31H,6-19,22,39H2,1H3,(H,40,41)(H,42,49)/t31-/m1/s1. The number of benzene rings is 2. The molecule has 12 nitrogen and oxygen atoms in total. The Hall–Kier alpha value is -3.38. The lowest BCUT2D eigenvalue weighted by molar-refractivity contribution is -0.134. The van der Waals surface area contributed by atoms with Crippen LogP contribution < -0.4 is 16.4 Å². The van der Waals surface area contributed by atoms with E-state index in [1.54, 1.807) is 0 Å². The summed E-state index contributed by atoms with van der Waals surface area (Å²) in [4.78, 5) is 43.4. The maximum atomic E-state index is 14.3. The number of amides is 3. The molecule has 14 heteroatoms. The van der Waals surface area contributed by atoms with Crippen LogP contribution in [0, 0.1) is 11.5 Å². The highest BCUT2D eigenvalue weighted by Gasteiger charge is 2.34. The third kappa shape index (κ3) is 8.51. The van der Waals surface area contributed by atoms with Gasteiger partial charge < -0.3 is 30.7 Å². The van der Waals surface area contributed by atoms with Crippen molar-refractivity contribution in [2.24, 2.45) is 4.99 Å². The molecule has 4 N–H and O–H groups in total. The van der Waals surface area contributed by atoms with Gasteiger partial charge in [0.2, 0.25) is 11.9 Å². The van der Waals surface area contributed by atoms with E-state index in [0.717, 1.165) is 84.0 Å². The molecule has 4 aliphatic heterocycles. The van der Waals surface area contributed by atoms with Crippen molar-refractivity contribution in [3.63, 3.8) is 0 Å². The predicted molar refractivity (Wildman–Crippen MR) is 199 cm³/mol. The fraction of sp³-hybridized carbons (Fsp3) is 0.543. The van der Waals surface area contributed by atoms with Crippen LogP contribution >= 0.6 is 31.9 Å². The number of piperazine rings is 1. The molecule has 0 saturated carbocycles. The Morgan fingerprint density at radius 1 is 0.980 bits per heavy atom. The predicted octanol–water partition coefficient (Wildman–Crippen LogP) is 3.92. The molecule has 6 rings (SSSR count). The van der Waals surface area contributed by atoms with Crippen molar-refractivity contribution in [1.29, 1.82) is 5.26 Å². The van der Waals surface area contributed by atoms with Crippen LogP contribution in [0.15, 0.2) is 50.3 Å². The summed E-state index contributed by atoms with van der Waals surface area (Å²) in [5.74, 6) is 0.363. The summed E-state index contributed by atoms with van der Waals surface area (Å²) in [5, 5.41) is 15.7. The zero-order valence-electron chi connectivity index (χ0n) is 28.1. The van der Waals surface area contributed by atoms with E-state index in [4.69, 9.17) is 10.7 Å². The Morgan fingerprint density at radius 2 is 1.61 bits per heavy atom. The molecule has 0 unspecified atom stereocenters. The van der Waals surface area contributed by atoms with E-state index in [1.807, 2.05) is 45.0 Å². The minimum Gasteiger partial charge on any atom is -0.397 e. The maximum absolute atomic E-state index is 14.3. The first-order chi connectivity index (χ1) is 23.7. The first kappa shape index (κ1) is 35.4. The molecule has 2 aromatic carbocycles. The Balaban J connectivity index is 1.16. The smallest absolute Gasteiger partial charge is 0.322 e. The van der Waals surface area contributed by atoms with Crippen LogP contribution in [0.5, 0.6) is 0 Å². The van der Waals surface area contributed by atoms with Crippen molar-refractivity contribution in [3.05, 3.63) is 56.5 Å². The van der Waals surface area contributed by atoms with Gasteiger partial charge in [-0.15, -0.1) is 0 Å². The second kappa shape index (κ2) is 16.1. The molecule has 3 saturated heterocycles. The molecule has 1 atom stereocenters. The van der Waals surface area contributed by atoms with E-state index in [9.17, 15) is 14.9 Å². The number of nitrogens with zero attached hydrogens (tertiary/aromatic N) is 7. The van der Waals surface area contributed by atoms with Gasteiger partial charge in [-0.25, -0.2) is 9.79 Å². The SMILES string of the molecule is CN1CCN(C2CCN(C(=O)[C@@H](Cc3cc(Br)c(N)c(Br)c3)N=C(NC#N)N3CCC(N4CCc5ccccc5NC4=O)CC3)CC2)CC1. The second-order valence-corrected chi connectivity index (χ2v) is 15.2. The number of guanidine groups is 1. The summed E-state index contributed by atoms with van der Waals surface area (Å²) in [5.41, 5.74) is 9.70. The number of anilines is 2. The number of nitrogen functional groups attached to an aromatic ring is 1. The Labute approximate surface area is 305 Å². The molecule has 0 aliphatic carbocycles. The van der Waals surface area contributed by atoms with E-state index < -0.39 is 6.04 Å². The van der Waals surface area contributed by atoms with Gasteiger partial charge in [-0.2, -0.15) is 5.26 Å². The van der Waals surface area contributed by atoms with Gasteiger partial charge in [0.25, 0.3) is 0 Å². The highest BCUT2D eigenvalue weighted by atomic mass is 79.9. The lowest BCUT2D eigenvalue weighted by atomic mass is 9.99. The average molecular weight is 799 g/mol. The molecule has 0 bridgehead atoms. The van der Waals surface area contributed by atoms with Crippen LogP contribution in [-0.2, 0) is 17.6 Å². The molecular weight excluding hydrogens is 752 g/mol. The molecule has 3 amide bonds. The van der Waals surface area contributed by atoms with Gasteiger partial charge in [0.1, 0.15) is 6.04 Å². The lowest BCUT2D eigenvalue weighted by Crippen LogP contribution is -2.54. The van der Waals surface area contributed by atoms with Crippen LogP contribution in [0.1, 0.15) is 36.8 Å². The average Bonchev–Trinajstić information content (AvgIpc) is 3.28. The summed E-state index contributed by atoms with van der Waals surface area (Å²) in [6.07, 6.45) is 6.56. The number of nitrogens with two attached hydrogens (primary N) is 1. The minimum atomic E-state index is -0.730. The third-order valence-electron chi connectivity index (χ3n) is 10.5. The van der Waals surface area contributed by atoms with Crippen molar-refractivity contribution in [2.45, 2.75) is 56.7 Å². The number of rotatable bonds is 6. The Kier molecular flexibility index (Phi) is 11.6. The van der Waals surface area contributed by atoms with Crippen molar-refractivity contribution in [3.8, 4) is 6.19 Å². The number of fused-ring (bicyclic) bond motifs is 1. The molecule has 4 aliphatic rings. The highest BCUT2D eigenvalue weighted by Crippen LogP contribution is 2.31. The number of nitrogens with one attached hydrogen (secondary N) is 2. The number of halogens is 2. The first-order valence-corrected chi connectivity index (χ1v) is 18.9.